The summed E-state index contributed by atoms with van der Waals surface area (Å²) in [5, 5.41) is 1.73. The van der Waals surface area contributed by atoms with Gasteiger partial charge in [-0.3, -0.25) is 0 Å². The van der Waals surface area contributed by atoms with Crippen LogP contribution in [0.25, 0.3) is 22.1 Å². The number of benzene rings is 2. The molecule has 0 bridgehead atoms. The second-order valence-corrected chi connectivity index (χ2v) is 4.35. The minimum absolute atomic E-state index is 0.677. The molecule has 1 heterocycles. The molecule has 3 heteroatoms. The number of rotatable bonds is 1. The first-order valence-corrected chi connectivity index (χ1v) is 5.64. The predicted octanol–water partition coefficient (Wildman–Crippen LogP) is 4.34. The molecule has 0 fully saturated rings. The summed E-state index contributed by atoms with van der Waals surface area (Å²) in [5.74, 6) is 0. The Hall–Kier alpha value is -1.93. The van der Waals surface area contributed by atoms with E-state index in [-0.39, 0.29) is 0 Å². The minimum Gasteiger partial charge on any atom is -0.464 e. The van der Waals surface area contributed by atoms with E-state index in [9.17, 15) is 0 Å². The Labute approximate surface area is 104 Å². The van der Waals surface area contributed by atoms with Gasteiger partial charge in [0.05, 0.1) is 6.26 Å². The van der Waals surface area contributed by atoms with Crippen LogP contribution in [0, 0.1) is 0 Å². The third kappa shape index (κ3) is 1.77. The number of halogens is 1. The third-order valence-corrected chi connectivity index (χ3v) is 2.99. The third-order valence-electron chi connectivity index (χ3n) is 2.76. The van der Waals surface area contributed by atoms with Gasteiger partial charge in [-0.25, -0.2) is 0 Å². The number of fused-ring (bicyclic) bond motifs is 1. The first kappa shape index (κ1) is 10.2. The molecule has 0 spiro atoms. The van der Waals surface area contributed by atoms with Crippen LogP contribution in [0.4, 0.5) is 5.69 Å². The number of furan rings is 1. The SMILES string of the molecule is Nc1ccc(-c2coc3cc(Cl)ccc23)cc1. The Bertz CT molecular complexity index is 670. The van der Waals surface area contributed by atoms with E-state index in [1.807, 2.05) is 42.5 Å². The Morgan fingerprint density at radius 3 is 2.53 bits per heavy atom. The first-order valence-electron chi connectivity index (χ1n) is 5.27. The van der Waals surface area contributed by atoms with Gasteiger partial charge in [0.1, 0.15) is 5.58 Å². The molecule has 2 nitrogen and oxygen atoms in total. The molecule has 2 N–H and O–H groups in total. The van der Waals surface area contributed by atoms with Crippen LogP contribution >= 0.6 is 11.6 Å². The molecule has 3 rings (SSSR count). The van der Waals surface area contributed by atoms with Crippen molar-refractivity contribution in [1.29, 1.82) is 0 Å². The average Bonchev–Trinajstić information content (AvgIpc) is 2.73. The molecule has 0 aliphatic rings. The maximum atomic E-state index is 5.92. The van der Waals surface area contributed by atoms with Crippen LogP contribution < -0.4 is 5.73 Å². The van der Waals surface area contributed by atoms with Crippen molar-refractivity contribution in [1.82, 2.24) is 0 Å². The second-order valence-electron chi connectivity index (χ2n) is 3.91. The molecule has 0 saturated heterocycles. The molecule has 0 unspecified atom stereocenters. The lowest BCUT2D eigenvalue weighted by atomic mass is 10.0. The van der Waals surface area contributed by atoms with Gasteiger partial charge in [0.2, 0.25) is 0 Å². The molecular weight excluding hydrogens is 234 g/mol. The van der Waals surface area contributed by atoms with Crippen molar-refractivity contribution in [3.63, 3.8) is 0 Å². The molecule has 0 aliphatic heterocycles. The summed E-state index contributed by atoms with van der Waals surface area (Å²) < 4.78 is 5.50. The highest BCUT2D eigenvalue weighted by atomic mass is 35.5. The highest BCUT2D eigenvalue weighted by Gasteiger charge is 2.07. The Kier molecular flexibility index (Phi) is 2.30. The minimum atomic E-state index is 0.677. The largest absolute Gasteiger partial charge is 0.464 e. The Morgan fingerprint density at radius 1 is 1.00 bits per heavy atom. The molecule has 0 amide bonds. The average molecular weight is 244 g/mol. The van der Waals surface area contributed by atoms with Crippen molar-refractivity contribution in [3.8, 4) is 11.1 Å². The van der Waals surface area contributed by atoms with Crippen LogP contribution in [0.2, 0.25) is 5.02 Å². The van der Waals surface area contributed by atoms with Crippen LogP contribution in [-0.4, -0.2) is 0 Å². The Morgan fingerprint density at radius 2 is 1.76 bits per heavy atom. The molecular formula is C14H10ClNO. The van der Waals surface area contributed by atoms with Crippen LogP contribution in [0.5, 0.6) is 0 Å². The summed E-state index contributed by atoms with van der Waals surface area (Å²) in [4.78, 5) is 0. The number of nitrogen functional groups attached to an aromatic ring is 1. The van der Waals surface area contributed by atoms with Crippen LogP contribution in [0.15, 0.2) is 53.1 Å². The lowest BCUT2D eigenvalue weighted by Gasteiger charge is -1.99. The molecule has 2 aromatic carbocycles. The fourth-order valence-corrected chi connectivity index (χ4v) is 2.05. The number of hydrogen-bond donors (Lipinski definition) is 1. The zero-order valence-electron chi connectivity index (χ0n) is 8.98. The topological polar surface area (TPSA) is 39.2 Å². The van der Waals surface area contributed by atoms with E-state index in [0.717, 1.165) is 27.8 Å². The van der Waals surface area contributed by atoms with Gasteiger partial charge in [0.15, 0.2) is 0 Å². The van der Waals surface area contributed by atoms with Gasteiger partial charge in [0, 0.05) is 27.7 Å². The van der Waals surface area contributed by atoms with Gasteiger partial charge < -0.3 is 10.2 Å². The highest BCUT2D eigenvalue weighted by molar-refractivity contribution is 6.31. The monoisotopic (exact) mass is 243 g/mol. The van der Waals surface area contributed by atoms with Crippen LogP contribution in [0.3, 0.4) is 0 Å². The summed E-state index contributed by atoms with van der Waals surface area (Å²) in [7, 11) is 0. The van der Waals surface area contributed by atoms with Gasteiger partial charge in [0.25, 0.3) is 0 Å². The van der Waals surface area contributed by atoms with E-state index in [1.54, 1.807) is 6.26 Å². The first-order chi connectivity index (χ1) is 8.24. The zero-order chi connectivity index (χ0) is 11.8. The standard InChI is InChI=1S/C14H10ClNO/c15-10-3-6-12-13(8-17-14(12)7-10)9-1-4-11(16)5-2-9/h1-8H,16H2. The maximum Gasteiger partial charge on any atom is 0.135 e. The van der Waals surface area contributed by atoms with Crippen LogP contribution in [0.1, 0.15) is 0 Å². The van der Waals surface area contributed by atoms with Gasteiger partial charge in [-0.2, -0.15) is 0 Å². The van der Waals surface area contributed by atoms with Gasteiger partial charge in [-0.15, -0.1) is 0 Å². The summed E-state index contributed by atoms with van der Waals surface area (Å²) in [6.45, 7) is 0. The van der Waals surface area contributed by atoms with Crippen LogP contribution in [-0.2, 0) is 0 Å². The molecule has 0 radical (unpaired) electrons. The maximum absolute atomic E-state index is 5.92. The highest BCUT2D eigenvalue weighted by Crippen LogP contribution is 2.32. The van der Waals surface area contributed by atoms with E-state index in [0.29, 0.717) is 5.02 Å². The van der Waals surface area contributed by atoms with Crippen molar-refractivity contribution >= 4 is 28.3 Å². The predicted molar refractivity (Wildman–Crippen MR) is 71.1 cm³/mol. The molecule has 0 atom stereocenters. The number of anilines is 1. The molecule has 17 heavy (non-hydrogen) atoms. The molecule has 0 aliphatic carbocycles. The fraction of sp³-hybridized carbons (Fsp3) is 0. The quantitative estimate of drug-likeness (QED) is 0.646. The number of nitrogens with two attached hydrogens (primary N) is 1. The van der Waals surface area contributed by atoms with Crippen molar-refractivity contribution in [2.75, 3.05) is 5.73 Å². The number of hydrogen-bond acceptors (Lipinski definition) is 2. The van der Waals surface area contributed by atoms with E-state index in [1.165, 1.54) is 0 Å². The van der Waals surface area contributed by atoms with Gasteiger partial charge >= 0.3 is 0 Å². The summed E-state index contributed by atoms with van der Waals surface area (Å²) in [6.07, 6.45) is 1.74. The van der Waals surface area contributed by atoms with E-state index < -0.39 is 0 Å². The molecule has 1 aromatic heterocycles. The smallest absolute Gasteiger partial charge is 0.135 e. The Balaban J connectivity index is 2.21. The molecule has 3 aromatic rings. The van der Waals surface area contributed by atoms with Crippen molar-refractivity contribution in [3.05, 3.63) is 53.8 Å². The molecule has 0 saturated carbocycles. The van der Waals surface area contributed by atoms with E-state index >= 15 is 0 Å². The fourth-order valence-electron chi connectivity index (χ4n) is 1.89. The summed E-state index contributed by atoms with van der Waals surface area (Å²) in [5.41, 5.74) is 9.36. The van der Waals surface area contributed by atoms with Crippen molar-refractivity contribution in [2.45, 2.75) is 0 Å². The van der Waals surface area contributed by atoms with Gasteiger partial charge in [-0.05, 0) is 29.8 Å². The van der Waals surface area contributed by atoms with Crippen molar-refractivity contribution < 1.29 is 4.42 Å². The lowest BCUT2D eigenvalue weighted by molar-refractivity contribution is 0.617. The lowest BCUT2D eigenvalue weighted by Crippen LogP contribution is -1.83. The summed E-state index contributed by atoms with van der Waals surface area (Å²) in [6, 6.07) is 13.4. The van der Waals surface area contributed by atoms with Crippen molar-refractivity contribution in [2.24, 2.45) is 0 Å². The molecule has 84 valence electrons. The van der Waals surface area contributed by atoms with E-state index in [2.05, 4.69) is 0 Å². The van der Waals surface area contributed by atoms with Gasteiger partial charge in [-0.1, -0.05) is 23.7 Å². The van der Waals surface area contributed by atoms with E-state index in [4.69, 9.17) is 21.8 Å². The zero-order valence-corrected chi connectivity index (χ0v) is 9.74. The summed E-state index contributed by atoms with van der Waals surface area (Å²) >= 11 is 5.92. The normalized spacial score (nSPS) is 10.9. The second kappa shape index (κ2) is 3.82.